The molecule has 2 N–H and O–H groups in total. The summed E-state index contributed by atoms with van der Waals surface area (Å²) in [6.45, 7) is 3.40. The first-order valence-corrected chi connectivity index (χ1v) is 6.49. The van der Waals surface area contributed by atoms with Crippen molar-refractivity contribution in [1.82, 2.24) is 15.5 Å². The minimum absolute atomic E-state index is 0.204. The molecule has 1 amide bonds. The second-order valence-electron chi connectivity index (χ2n) is 4.59. The maximum Gasteiger partial charge on any atom is 0.293 e. The topological polar surface area (TPSA) is 123 Å². The Morgan fingerprint density at radius 1 is 1.41 bits per heavy atom. The van der Waals surface area contributed by atoms with Crippen molar-refractivity contribution in [3.63, 3.8) is 0 Å². The fourth-order valence-electron chi connectivity index (χ4n) is 1.87. The Balaban J connectivity index is 2.30. The quantitative estimate of drug-likeness (QED) is 0.637. The number of nitrogens with one attached hydrogen (secondary N) is 2. The number of carbonyl (C=O) groups excluding carboxylic acids is 1. The lowest BCUT2D eigenvalue weighted by molar-refractivity contribution is -0.384. The highest BCUT2D eigenvalue weighted by Crippen LogP contribution is 2.29. The van der Waals surface area contributed by atoms with Crippen molar-refractivity contribution in [3.05, 3.63) is 45.7 Å². The van der Waals surface area contributed by atoms with Crippen LogP contribution in [0, 0.1) is 17.0 Å². The third-order valence-corrected chi connectivity index (χ3v) is 2.97. The van der Waals surface area contributed by atoms with Gasteiger partial charge in [0.1, 0.15) is 11.7 Å². The van der Waals surface area contributed by atoms with Gasteiger partial charge >= 0.3 is 0 Å². The predicted molar refractivity (Wildman–Crippen MR) is 77.6 cm³/mol. The Bertz CT molecular complexity index is 712. The maximum absolute atomic E-state index is 11.6. The SMILES string of the molecule is CNC(=O)c1ccc(NC(C)c2nnc(C)o2)c([N+](=O)[O-])c1. The second-order valence-corrected chi connectivity index (χ2v) is 4.59. The Hall–Kier alpha value is -2.97. The van der Waals surface area contributed by atoms with Gasteiger partial charge in [-0.3, -0.25) is 14.9 Å². The van der Waals surface area contributed by atoms with Crippen LogP contribution in [0.4, 0.5) is 11.4 Å². The molecule has 1 aromatic carbocycles. The van der Waals surface area contributed by atoms with E-state index < -0.39 is 16.9 Å². The molecule has 1 heterocycles. The van der Waals surface area contributed by atoms with E-state index in [1.165, 1.54) is 25.2 Å². The molecular weight excluding hydrogens is 290 g/mol. The van der Waals surface area contributed by atoms with Gasteiger partial charge in [0, 0.05) is 25.6 Å². The van der Waals surface area contributed by atoms with Crippen molar-refractivity contribution in [2.75, 3.05) is 12.4 Å². The summed E-state index contributed by atoms with van der Waals surface area (Å²) in [5.74, 6) is 0.338. The average molecular weight is 305 g/mol. The normalized spacial score (nSPS) is 11.8. The van der Waals surface area contributed by atoms with E-state index >= 15 is 0 Å². The first-order chi connectivity index (χ1) is 10.4. The molecular formula is C13H15N5O4. The highest BCUT2D eigenvalue weighted by atomic mass is 16.6. The van der Waals surface area contributed by atoms with E-state index in [1.54, 1.807) is 13.8 Å². The Morgan fingerprint density at radius 2 is 2.14 bits per heavy atom. The molecule has 0 fully saturated rings. The Kier molecular flexibility index (Phi) is 4.35. The first kappa shape index (κ1) is 15.4. The van der Waals surface area contributed by atoms with Crippen LogP contribution in [-0.2, 0) is 0 Å². The van der Waals surface area contributed by atoms with Gasteiger partial charge in [-0.15, -0.1) is 10.2 Å². The zero-order valence-corrected chi connectivity index (χ0v) is 12.3. The van der Waals surface area contributed by atoms with Gasteiger partial charge in [-0.05, 0) is 19.1 Å². The van der Waals surface area contributed by atoms with E-state index in [9.17, 15) is 14.9 Å². The predicted octanol–water partition coefficient (Wildman–Crippen LogP) is 1.82. The lowest BCUT2D eigenvalue weighted by Gasteiger charge is -2.12. The van der Waals surface area contributed by atoms with Crippen molar-refractivity contribution < 1.29 is 14.1 Å². The minimum Gasteiger partial charge on any atom is -0.423 e. The fourth-order valence-corrected chi connectivity index (χ4v) is 1.87. The van der Waals surface area contributed by atoms with Crippen LogP contribution in [0.2, 0.25) is 0 Å². The number of carbonyl (C=O) groups is 1. The molecule has 2 aromatic rings. The number of rotatable bonds is 5. The van der Waals surface area contributed by atoms with E-state index in [1.807, 2.05) is 0 Å². The molecule has 1 atom stereocenters. The lowest BCUT2D eigenvalue weighted by Crippen LogP contribution is -2.18. The third-order valence-electron chi connectivity index (χ3n) is 2.97. The molecule has 0 spiro atoms. The van der Waals surface area contributed by atoms with E-state index in [0.29, 0.717) is 11.8 Å². The summed E-state index contributed by atoms with van der Waals surface area (Å²) in [5, 5.41) is 24.1. The molecule has 1 unspecified atom stereocenters. The number of nitrogens with zero attached hydrogens (tertiary/aromatic N) is 3. The summed E-state index contributed by atoms with van der Waals surface area (Å²) in [4.78, 5) is 22.2. The van der Waals surface area contributed by atoms with E-state index in [4.69, 9.17) is 4.42 Å². The number of anilines is 1. The van der Waals surface area contributed by atoms with Gasteiger partial charge in [0.2, 0.25) is 11.8 Å². The van der Waals surface area contributed by atoms with Gasteiger partial charge in [0.15, 0.2) is 0 Å². The van der Waals surface area contributed by atoms with Crippen molar-refractivity contribution in [2.45, 2.75) is 19.9 Å². The summed E-state index contributed by atoms with van der Waals surface area (Å²) in [6, 6.07) is 3.78. The summed E-state index contributed by atoms with van der Waals surface area (Å²) in [5.41, 5.74) is 0.270. The largest absolute Gasteiger partial charge is 0.423 e. The number of hydrogen-bond acceptors (Lipinski definition) is 7. The molecule has 0 saturated carbocycles. The van der Waals surface area contributed by atoms with Gasteiger partial charge in [0.25, 0.3) is 11.6 Å². The zero-order valence-electron chi connectivity index (χ0n) is 12.3. The van der Waals surface area contributed by atoms with Crippen molar-refractivity contribution >= 4 is 17.3 Å². The standard InChI is InChI=1S/C13H15N5O4/c1-7(13-17-16-8(2)22-13)15-10-5-4-9(12(19)14-3)6-11(10)18(20)21/h4-7,15H,1-3H3,(H,14,19). The molecule has 0 aliphatic heterocycles. The number of hydrogen-bond donors (Lipinski definition) is 2. The average Bonchev–Trinajstić information content (AvgIpc) is 2.93. The molecule has 0 aliphatic rings. The number of amides is 1. The molecule has 0 bridgehead atoms. The van der Waals surface area contributed by atoms with Crippen LogP contribution in [0.3, 0.4) is 0 Å². The molecule has 22 heavy (non-hydrogen) atoms. The molecule has 9 heteroatoms. The smallest absolute Gasteiger partial charge is 0.293 e. The van der Waals surface area contributed by atoms with Crippen molar-refractivity contribution in [1.29, 1.82) is 0 Å². The number of aryl methyl sites for hydroxylation is 1. The maximum atomic E-state index is 11.6. The van der Waals surface area contributed by atoms with Gasteiger partial charge in [-0.1, -0.05) is 0 Å². The summed E-state index contributed by atoms with van der Waals surface area (Å²) < 4.78 is 5.28. The van der Waals surface area contributed by atoms with E-state index in [0.717, 1.165) is 0 Å². The van der Waals surface area contributed by atoms with E-state index in [-0.39, 0.29) is 16.9 Å². The molecule has 9 nitrogen and oxygen atoms in total. The minimum atomic E-state index is -0.555. The fraction of sp³-hybridized carbons (Fsp3) is 0.308. The molecule has 116 valence electrons. The summed E-state index contributed by atoms with van der Waals surface area (Å²) >= 11 is 0. The number of benzene rings is 1. The van der Waals surface area contributed by atoms with Gasteiger partial charge in [0.05, 0.1) is 4.92 Å². The summed E-state index contributed by atoms with van der Waals surface area (Å²) in [7, 11) is 1.46. The molecule has 0 saturated heterocycles. The number of aromatic nitrogens is 2. The number of nitro groups is 1. The van der Waals surface area contributed by atoms with Crippen LogP contribution in [0.25, 0.3) is 0 Å². The van der Waals surface area contributed by atoms with E-state index in [2.05, 4.69) is 20.8 Å². The summed E-state index contributed by atoms with van der Waals surface area (Å²) in [6.07, 6.45) is 0. The highest BCUT2D eigenvalue weighted by molar-refractivity contribution is 5.95. The lowest BCUT2D eigenvalue weighted by atomic mass is 10.1. The van der Waals surface area contributed by atoms with Crippen LogP contribution >= 0.6 is 0 Å². The first-order valence-electron chi connectivity index (χ1n) is 6.49. The molecule has 2 rings (SSSR count). The Morgan fingerprint density at radius 3 is 2.68 bits per heavy atom. The van der Waals surface area contributed by atoms with Crippen LogP contribution in [0.15, 0.2) is 22.6 Å². The third kappa shape index (κ3) is 3.19. The highest BCUT2D eigenvalue weighted by Gasteiger charge is 2.20. The Labute approximate surface area is 125 Å². The van der Waals surface area contributed by atoms with Gasteiger partial charge < -0.3 is 15.1 Å². The second kappa shape index (κ2) is 6.20. The van der Waals surface area contributed by atoms with Gasteiger partial charge in [-0.2, -0.15) is 0 Å². The van der Waals surface area contributed by atoms with Crippen LogP contribution in [-0.4, -0.2) is 28.1 Å². The van der Waals surface area contributed by atoms with Crippen LogP contribution in [0.1, 0.15) is 35.1 Å². The van der Waals surface area contributed by atoms with Crippen LogP contribution < -0.4 is 10.6 Å². The molecule has 1 aromatic heterocycles. The van der Waals surface area contributed by atoms with Crippen molar-refractivity contribution in [3.8, 4) is 0 Å². The monoisotopic (exact) mass is 305 g/mol. The zero-order chi connectivity index (χ0) is 16.3. The van der Waals surface area contributed by atoms with Crippen LogP contribution in [0.5, 0.6) is 0 Å². The number of nitro benzene ring substituents is 1. The molecule has 0 aliphatic carbocycles. The van der Waals surface area contributed by atoms with Crippen molar-refractivity contribution in [2.24, 2.45) is 0 Å². The van der Waals surface area contributed by atoms with Gasteiger partial charge in [-0.25, -0.2) is 0 Å². The molecule has 0 radical (unpaired) electrons.